The van der Waals surface area contributed by atoms with E-state index in [1.165, 1.54) is 0 Å². The molecule has 3 N–H and O–H groups in total. The quantitative estimate of drug-likeness (QED) is 0.644. The second-order valence-corrected chi connectivity index (χ2v) is 6.59. The standard InChI is InChI=1S/C15H25N5O2/c1-15(2,3)22-14(21)19-12-7-5-11(6-8-12)18-13(16)20-10-4-9-17-20/h4,9-12H,5-8H2,1-3H3,(H2,16,18)(H,19,21). The molecule has 122 valence electrons. The van der Waals surface area contributed by atoms with Gasteiger partial charge in [0.25, 0.3) is 0 Å². The Morgan fingerprint density at radius 3 is 2.59 bits per heavy atom. The molecule has 1 amide bonds. The fourth-order valence-corrected chi connectivity index (χ4v) is 2.47. The molecule has 1 heterocycles. The lowest BCUT2D eigenvalue weighted by Gasteiger charge is -2.28. The van der Waals surface area contributed by atoms with Crippen molar-refractivity contribution in [2.45, 2.75) is 64.1 Å². The number of nitrogens with one attached hydrogen (secondary N) is 1. The molecule has 1 aliphatic rings. The van der Waals surface area contributed by atoms with Crippen molar-refractivity contribution in [1.29, 1.82) is 0 Å². The van der Waals surface area contributed by atoms with Crippen LogP contribution in [-0.4, -0.2) is 39.5 Å². The molecule has 0 spiro atoms. The third kappa shape index (κ3) is 5.05. The van der Waals surface area contributed by atoms with Crippen LogP contribution in [0.5, 0.6) is 0 Å². The molecule has 22 heavy (non-hydrogen) atoms. The monoisotopic (exact) mass is 307 g/mol. The molecular formula is C15H25N5O2. The third-order valence-electron chi connectivity index (χ3n) is 3.47. The van der Waals surface area contributed by atoms with Crippen molar-refractivity contribution in [1.82, 2.24) is 15.1 Å². The summed E-state index contributed by atoms with van der Waals surface area (Å²) in [4.78, 5) is 16.3. The maximum Gasteiger partial charge on any atom is 0.407 e. The van der Waals surface area contributed by atoms with Gasteiger partial charge in [-0.1, -0.05) is 0 Å². The average molecular weight is 307 g/mol. The van der Waals surface area contributed by atoms with Gasteiger partial charge in [-0.05, 0) is 52.5 Å². The van der Waals surface area contributed by atoms with Gasteiger partial charge in [-0.15, -0.1) is 0 Å². The maximum absolute atomic E-state index is 11.7. The molecule has 1 saturated carbocycles. The Balaban J connectivity index is 1.78. The fourth-order valence-electron chi connectivity index (χ4n) is 2.47. The molecule has 1 aliphatic carbocycles. The first-order valence-corrected chi connectivity index (χ1v) is 7.66. The Morgan fingerprint density at radius 2 is 2.05 bits per heavy atom. The van der Waals surface area contributed by atoms with Gasteiger partial charge in [-0.25, -0.2) is 14.5 Å². The second-order valence-electron chi connectivity index (χ2n) is 6.59. The molecular weight excluding hydrogens is 282 g/mol. The van der Waals surface area contributed by atoms with Crippen molar-refractivity contribution < 1.29 is 9.53 Å². The number of aromatic nitrogens is 2. The minimum Gasteiger partial charge on any atom is -0.444 e. The Labute approximate surface area is 130 Å². The van der Waals surface area contributed by atoms with E-state index in [-0.39, 0.29) is 18.2 Å². The largest absolute Gasteiger partial charge is 0.444 e. The van der Waals surface area contributed by atoms with Gasteiger partial charge in [0.1, 0.15) is 5.60 Å². The molecule has 0 unspecified atom stereocenters. The summed E-state index contributed by atoms with van der Waals surface area (Å²) in [6.07, 6.45) is 6.62. The highest BCUT2D eigenvalue weighted by Gasteiger charge is 2.24. The normalized spacial score (nSPS) is 23.1. The highest BCUT2D eigenvalue weighted by molar-refractivity contribution is 5.79. The third-order valence-corrected chi connectivity index (χ3v) is 3.47. The molecule has 0 atom stereocenters. The first kappa shape index (κ1) is 16.3. The summed E-state index contributed by atoms with van der Waals surface area (Å²) < 4.78 is 6.83. The molecule has 0 saturated heterocycles. The highest BCUT2D eigenvalue weighted by atomic mass is 16.6. The van der Waals surface area contributed by atoms with E-state index in [4.69, 9.17) is 10.5 Å². The van der Waals surface area contributed by atoms with Crippen LogP contribution in [0.25, 0.3) is 0 Å². The van der Waals surface area contributed by atoms with Gasteiger partial charge in [0, 0.05) is 18.4 Å². The van der Waals surface area contributed by atoms with Crippen molar-refractivity contribution in [3.63, 3.8) is 0 Å². The second kappa shape index (κ2) is 6.81. The molecule has 7 heteroatoms. The number of hydrogen-bond donors (Lipinski definition) is 2. The van der Waals surface area contributed by atoms with Gasteiger partial charge in [0.2, 0.25) is 5.96 Å². The minimum atomic E-state index is -0.468. The maximum atomic E-state index is 11.7. The zero-order chi connectivity index (χ0) is 16.2. The Morgan fingerprint density at radius 1 is 1.36 bits per heavy atom. The predicted molar refractivity (Wildman–Crippen MR) is 84.7 cm³/mol. The zero-order valence-corrected chi connectivity index (χ0v) is 13.5. The van der Waals surface area contributed by atoms with Gasteiger partial charge in [-0.2, -0.15) is 5.10 Å². The topological polar surface area (TPSA) is 94.5 Å². The number of carbonyl (C=O) groups is 1. The number of aliphatic imine (C=N–C) groups is 1. The Bertz CT molecular complexity index is 511. The van der Waals surface area contributed by atoms with E-state index < -0.39 is 5.60 Å². The van der Waals surface area contributed by atoms with Gasteiger partial charge in [0.15, 0.2) is 0 Å². The number of amides is 1. The lowest BCUT2D eigenvalue weighted by Crippen LogP contribution is -2.41. The summed E-state index contributed by atoms with van der Waals surface area (Å²) in [6.45, 7) is 5.57. The van der Waals surface area contributed by atoms with E-state index >= 15 is 0 Å². The summed E-state index contributed by atoms with van der Waals surface area (Å²) in [5.41, 5.74) is 5.45. The van der Waals surface area contributed by atoms with Gasteiger partial charge >= 0.3 is 6.09 Å². The summed E-state index contributed by atoms with van der Waals surface area (Å²) in [6, 6.07) is 2.14. The van der Waals surface area contributed by atoms with Crippen LogP contribution in [-0.2, 0) is 4.74 Å². The smallest absolute Gasteiger partial charge is 0.407 e. The molecule has 0 aromatic carbocycles. The molecule has 1 aromatic heterocycles. The summed E-state index contributed by atoms with van der Waals surface area (Å²) in [5.74, 6) is 0.411. The Hall–Kier alpha value is -2.05. The van der Waals surface area contributed by atoms with Crippen molar-refractivity contribution in [2.75, 3.05) is 0 Å². The van der Waals surface area contributed by atoms with Crippen molar-refractivity contribution in [3.8, 4) is 0 Å². The zero-order valence-electron chi connectivity index (χ0n) is 13.5. The first-order valence-electron chi connectivity index (χ1n) is 7.66. The van der Waals surface area contributed by atoms with Crippen LogP contribution in [0.4, 0.5) is 4.79 Å². The molecule has 0 aliphatic heterocycles. The van der Waals surface area contributed by atoms with Gasteiger partial charge < -0.3 is 15.8 Å². The van der Waals surface area contributed by atoms with Crippen LogP contribution < -0.4 is 11.1 Å². The number of hydrogen-bond acceptors (Lipinski definition) is 4. The SMILES string of the molecule is CC(C)(C)OC(=O)NC1CCC(N=C(N)n2cccn2)CC1. The molecule has 7 nitrogen and oxygen atoms in total. The fraction of sp³-hybridized carbons (Fsp3) is 0.667. The predicted octanol–water partition coefficient (Wildman–Crippen LogP) is 1.88. The molecule has 2 rings (SSSR count). The summed E-state index contributed by atoms with van der Waals surface area (Å²) in [5, 5.41) is 6.98. The number of nitrogens with two attached hydrogens (primary N) is 1. The van der Waals surface area contributed by atoms with Crippen LogP contribution in [0.1, 0.15) is 46.5 Å². The molecule has 0 radical (unpaired) electrons. The molecule has 1 fully saturated rings. The van der Waals surface area contributed by atoms with Crippen LogP contribution in [0, 0.1) is 0 Å². The van der Waals surface area contributed by atoms with Crippen molar-refractivity contribution >= 4 is 12.1 Å². The van der Waals surface area contributed by atoms with Crippen LogP contribution in [0.3, 0.4) is 0 Å². The van der Waals surface area contributed by atoms with E-state index in [2.05, 4.69) is 15.4 Å². The lowest BCUT2D eigenvalue weighted by molar-refractivity contribution is 0.0491. The van der Waals surface area contributed by atoms with Crippen molar-refractivity contribution in [3.05, 3.63) is 18.5 Å². The minimum absolute atomic E-state index is 0.146. The van der Waals surface area contributed by atoms with E-state index in [0.717, 1.165) is 25.7 Å². The van der Waals surface area contributed by atoms with Crippen LogP contribution in [0.15, 0.2) is 23.5 Å². The van der Waals surface area contributed by atoms with Gasteiger partial charge in [0.05, 0.1) is 6.04 Å². The average Bonchev–Trinajstić information content (AvgIpc) is 2.92. The summed E-state index contributed by atoms with van der Waals surface area (Å²) in [7, 11) is 0. The number of ether oxygens (including phenoxy) is 1. The van der Waals surface area contributed by atoms with Crippen LogP contribution >= 0.6 is 0 Å². The molecule has 1 aromatic rings. The lowest BCUT2D eigenvalue weighted by atomic mass is 9.92. The Kier molecular flexibility index (Phi) is 5.05. The van der Waals surface area contributed by atoms with Crippen molar-refractivity contribution in [2.24, 2.45) is 10.7 Å². The highest BCUT2D eigenvalue weighted by Crippen LogP contribution is 2.21. The number of carbonyl (C=O) groups excluding carboxylic acids is 1. The summed E-state index contributed by atoms with van der Waals surface area (Å²) >= 11 is 0. The van der Waals surface area contributed by atoms with E-state index in [1.54, 1.807) is 17.1 Å². The first-order chi connectivity index (χ1) is 10.3. The number of rotatable bonds is 2. The van der Waals surface area contributed by atoms with E-state index in [1.807, 2.05) is 26.8 Å². The van der Waals surface area contributed by atoms with Crippen LogP contribution in [0.2, 0.25) is 0 Å². The molecule has 0 bridgehead atoms. The number of alkyl carbamates (subject to hydrolysis) is 1. The van der Waals surface area contributed by atoms with E-state index in [0.29, 0.717) is 5.96 Å². The van der Waals surface area contributed by atoms with E-state index in [9.17, 15) is 4.79 Å². The number of nitrogens with zero attached hydrogens (tertiary/aromatic N) is 3. The van der Waals surface area contributed by atoms with Gasteiger partial charge in [-0.3, -0.25) is 0 Å².